The SMILES string of the molecule is CC(=O)O[C@@H]1[C@H](OC(C)=O)c2sccc2[C@@H]1NC(=O)NCCCl. The summed E-state index contributed by atoms with van der Waals surface area (Å²) < 4.78 is 10.6. The largest absolute Gasteiger partial charge is 0.456 e. The van der Waals surface area contributed by atoms with E-state index in [2.05, 4.69) is 10.6 Å². The molecule has 0 spiro atoms. The van der Waals surface area contributed by atoms with E-state index < -0.39 is 36.2 Å². The maximum atomic E-state index is 11.9. The number of fused-ring (bicyclic) bond motifs is 1. The summed E-state index contributed by atoms with van der Waals surface area (Å²) in [6.07, 6.45) is -1.54. The molecule has 0 bridgehead atoms. The first kappa shape index (κ1) is 17.6. The highest BCUT2D eigenvalue weighted by atomic mass is 35.5. The van der Waals surface area contributed by atoms with Gasteiger partial charge in [-0.1, -0.05) is 0 Å². The molecule has 1 heterocycles. The first-order chi connectivity index (χ1) is 10.9. The average molecular weight is 361 g/mol. The van der Waals surface area contributed by atoms with Gasteiger partial charge in [-0.2, -0.15) is 0 Å². The Labute approximate surface area is 142 Å². The Kier molecular flexibility index (Phi) is 5.84. The zero-order chi connectivity index (χ0) is 17.0. The topological polar surface area (TPSA) is 93.7 Å². The zero-order valence-corrected chi connectivity index (χ0v) is 14.2. The number of halogens is 1. The number of amides is 2. The first-order valence-electron chi connectivity index (χ1n) is 6.96. The lowest BCUT2D eigenvalue weighted by Crippen LogP contribution is -2.43. The lowest BCUT2D eigenvalue weighted by atomic mass is 10.1. The quantitative estimate of drug-likeness (QED) is 0.617. The van der Waals surface area contributed by atoms with Crippen molar-refractivity contribution in [2.24, 2.45) is 0 Å². The molecule has 0 aliphatic heterocycles. The van der Waals surface area contributed by atoms with Crippen molar-refractivity contribution in [2.45, 2.75) is 32.1 Å². The molecule has 2 amide bonds. The van der Waals surface area contributed by atoms with Crippen LogP contribution in [-0.2, 0) is 19.1 Å². The Morgan fingerprint density at radius 3 is 2.57 bits per heavy atom. The molecule has 2 rings (SSSR count). The van der Waals surface area contributed by atoms with E-state index in [9.17, 15) is 14.4 Å². The van der Waals surface area contributed by atoms with Gasteiger partial charge in [-0.25, -0.2) is 4.79 Å². The summed E-state index contributed by atoms with van der Waals surface area (Å²) in [4.78, 5) is 35.4. The van der Waals surface area contributed by atoms with Crippen molar-refractivity contribution in [3.05, 3.63) is 21.9 Å². The number of thiophene rings is 1. The van der Waals surface area contributed by atoms with Gasteiger partial charge in [-0.15, -0.1) is 22.9 Å². The second-order valence-electron chi connectivity index (χ2n) is 4.91. The summed E-state index contributed by atoms with van der Waals surface area (Å²) in [6.45, 7) is 2.86. The third-order valence-electron chi connectivity index (χ3n) is 3.21. The fourth-order valence-electron chi connectivity index (χ4n) is 2.45. The fraction of sp³-hybridized carbons (Fsp3) is 0.500. The highest BCUT2D eigenvalue weighted by molar-refractivity contribution is 7.10. The Morgan fingerprint density at radius 1 is 1.26 bits per heavy atom. The standard InChI is InChI=1S/C14H17ClN2O5S/c1-7(18)21-11-10(17-14(20)16-5-4-15)9-3-6-23-13(9)12(11)22-8(2)19/h3,6,10-12H,4-5H2,1-2H3,(H2,16,17,20)/t10-,11-,12-/m0/s1. The van der Waals surface area contributed by atoms with Crippen LogP contribution in [0.2, 0.25) is 0 Å². The van der Waals surface area contributed by atoms with Crippen LogP contribution in [0.15, 0.2) is 11.4 Å². The van der Waals surface area contributed by atoms with Crippen LogP contribution in [0.5, 0.6) is 0 Å². The van der Waals surface area contributed by atoms with Crippen molar-refractivity contribution < 1.29 is 23.9 Å². The van der Waals surface area contributed by atoms with Crippen molar-refractivity contribution in [3.8, 4) is 0 Å². The molecule has 3 atom stereocenters. The number of ether oxygens (including phenoxy) is 2. The molecule has 1 aromatic rings. The van der Waals surface area contributed by atoms with E-state index in [0.29, 0.717) is 6.54 Å². The lowest BCUT2D eigenvalue weighted by Gasteiger charge is -2.25. The summed E-state index contributed by atoms with van der Waals surface area (Å²) in [5, 5.41) is 7.16. The minimum absolute atomic E-state index is 0.283. The van der Waals surface area contributed by atoms with Crippen LogP contribution in [0.1, 0.15) is 36.4 Å². The van der Waals surface area contributed by atoms with Gasteiger partial charge in [0.15, 0.2) is 12.2 Å². The van der Waals surface area contributed by atoms with Gasteiger partial charge in [0, 0.05) is 26.3 Å². The van der Waals surface area contributed by atoms with Gasteiger partial charge in [0.25, 0.3) is 0 Å². The molecule has 0 saturated heterocycles. The van der Waals surface area contributed by atoms with Crippen LogP contribution < -0.4 is 10.6 Å². The number of carbonyl (C=O) groups is 3. The Hall–Kier alpha value is -1.80. The van der Waals surface area contributed by atoms with E-state index in [1.165, 1.54) is 25.2 Å². The molecule has 9 heteroatoms. The van der Waals surface area contributed by atoms with E-state index in [1.807, 2.05) is 11.4 Å². The fourth-order valence-corrected chi connectivity index (χ4v) is 3.56. The number of hydrogen-bond donors (Lipinski definition) is 2. The second-order valence-corrected chi connectivity index (χ2v) is 6.24. The van der Waals surface area contributed by atoms with Crippen LogP contribution in [0.3, 0.4) is 0 Å². The molecule has 0 saturated carbocycles. The molecule has 0 unspecified atom stereocenters. The molecule has 1 aromatic heterocycles. The number of esters is 2. The van der Waals surface area contributed by atoms with Crippen LogP contribution >= 0.6 is 22.9 Å². The number of hydrogen-bond acceptors (Lipinski definition) is 6. The summed E-state index contributed by atoms with van der Waals surface area (Å²) in [5.41, 5.74) is 0.772. The third-order valence-corrected chi connectivity index (χ3v) is 4.39. The van der Waals surface area contributed by atoms with Gasteiger partial charge in [0.05, 0.1) is 10.9 Å². The molecular formula is C14H17ClN2O5S. The van der Waals surface area contributed by atoms with E-state index >= 15 is 0 Å². The molecule has 0 radical (unpaired) electrons. The van der Waals surface area contributed by atoms with Gasteiger partial charge >= 0.3 is 18.0 Å². The van der Waals surface area contributed by atoms with Gasteiger partial charge < -0.3 is 20.1 Å². The predicted octanol–water partition coefficient (Wildman–Crippen LogP) is 1.88. The van der Waals surface area contributed by atoms with E-state index in [1.54, 1.807) is 0 Å². The molecule has 0 aromatic carbocycles. The monoisotopic (exact) mass is 360 g/mol. The maximum absolute atomic E-state index is 11.9. The van der Waals surface area contributed by atoms with E-state index in [-0.39, 0.29) is 5.88 Å². The van der Waals surface area contributed by atoms with Crippen LogP contribution in [0.4, 0.5) is 4.79 Å². The molecule has 23 heavy (non-hydrogen) atoms. The minimum atomic E-state index is -0.805. The lowest BCUT2D eigenvalue weighted by molar-refractivity contribution is -0.166. The number of alkyl halides is 1. The Bertz CT molecular complexity index is 606. The van der Waals surface area contributed by atoms with Crippen molar-refractivity contribution >= 4 is 40.9 Å². The third kappa shape index (κ3) is 4.14. The highest BCUT2D eigenvalue weighted by Gasteiger charge is 2.47. The summed E-state index contributed by atoms with van der Waals surface area (Å²) in [7, 11) is 0. The number of urea groups is 1. The molecule has 7 nitrogen and oxygen atoms in total. The molecule has 126 valence electrons. The summed E-state index contributed by atoms with van der Waals surface area (Å²) in [6, 6.07) is 0.778. The van der Waals surface area contributed by atoms with Gasteiger partial charge in [-0.3, -0.25) is 9.59 Å². The van der Waals surface area contributed by atoms with Crippen LogP contribution in [-0.4, -0.2) is 36.5 Å². The van der Waals surface area contributed by atoms with Crippen molar-refractivity contribution in [3.63, 3.8) is 0 Å². The second kappa shape index (κ2) is 7.65. The van der Waals surface area contributed by atoms with Gasteiger partial charge in [0.1, 0.15) is 0 Å². The van der Waals surface area contributed by atoms with Gasteiger partial charge in [0.2, 0.25) is 0 Å². The average Bonchev–Trinajstić information content (AvgIpc) is 3.02. The highest BCUT2D eigenvalue weighted by Crippen LogP contribution is 2.46. The Balaban J connectivity index is 2.24. The maximum Gasteiger partial charge on any atom is 0.315 e. The smallest absolute Gasteiger partial charge is 0.315 e. The number of carbonyl (C=O) groups excluding carboxylic acids is 3. The normalized spacial score (nSPS) is 22.1. The number of rotatable bonds is 5. The first-order valence-corrected chi connectivity index (χ1v) is 8.37. The molecule has 1 aliphatic rings. The predicted molar refractivity (Wildman–Crippen MR) is 84.4 cm³/mol. The van der Waals surface area contributed by atoms with Crippen molar-refractivity contribution in [1.29, 1.82) is 0 Å². The van der Waals surface area contributed by atoms with Crippen LogP contribution in [0.25, 0.3) is 0 Å². The van der Waals surface area contributed by atoms with E-state index in [0.717, 1.165) is 10.4 Å². The number of nitrogens with one attached hydrogen (secondary N) is 2. The van der Waals surface area contributed by atoms with Crippen LogP contribution in [0, 0.1) is 0 Å². The zero-order valence-electron chi connectivity index (χ0n) is 12.6. The van der Waals surface area contributed by atoms with Gasteiger partial charge in [-0.05, 0) is 17.0 Å². The molecule has 2 N–H and O–H groups in total. The molecule has 1 aliphatic carbocycles. The summed E-state index contributed by atoms with van der Waals surface area (Å²) >= 11 is 6.92. The van der Waals surface area contributed by atoms with Crippen molar-refractivity contribution in [1.82, 2.24) is 10.6 Å². The molecule has 0 fully saturated rings. The Morgan fingerprint density at radius 2 is 1.96 bits per heavy atom. The summed E-state index contributed by atoms with van der Waals surface area (Å²) in [5.74, 6) is -0.723. The molecular weight excluding hydrogens is 344 g/mol. The minimum Gasteiger partial charge on any atom is -0.456 e. The van der Waals surface area contributed by atoms with Crippen molar-refractivity contribution in [2.75, 3.05) is 12.4 Å². The van der Waals surface area contributed by atoms with E-state index in [4.69, 9.17) is 21.1 Å².